The Labute approximate surface area is 133 Å². The molecule has 0 saturated heterocycles. The van der Waals surface area contributed by atoms with E-state index >= 15 is 0 Å². The van der Waals surface area contributed by atoms with E-state index in [0.29, 0.717) is 11.3 Å². The first kappa shape index (κ1) is 16.8. The first-order chi connectivity index (χ1) is 10.3. The zero-order valence-corrected chi connectivity index (χ0v) is 13.2. The predicted molar refractivity (Wildman–Crippen MR) is 82.9 cm³/mol. The SMILES string of the molecule is CCCC(Cl)c1ccc(-c2ccc(C(F)(F)F)cc2)nc1C. The van der Waals surface area contributed by atoms with Crippen LogP contribution < -0.4 is 0 Å². The van der Waals surface area contributed by atoms with Crippen LogP contribution in [0.5, 0.6) is 0 Å². The predicted octanol–water partition coefficient (Wildman–Crippen LogP) is 6.16. The molecule has 1 atom stereocenters. The van der Waals surface area contributed by atoms with Gasteiger partial charge in [-0.15, -0.1) is 11.6 Å². The van der Waals surface area contributed by atoms with E-state index in [-0.39, 0.29) is 5.38 Å². The third-order valence-electron chi connectivity index (χ3n) is 3.51. The van der Waals surface area contributed by atoms with Crippen LogP contribution in [-0.2, 0) is 6.18 Å². The first-order valence-electron chi connectivity index (χ1n) is 7.12. The van der Waals surface area contributed by atoms with Crippen molar-refractivity contribution in [2.24, 2.45) is 0 Å². The van der Waals surface area contributed by atoms with Crippen LogP contribution >= 0.6 is 11.6 Å². The van der Waals surface area contributed by atoms with E-state index < -0.39 is 11.7 Å². The van der Waals surface area contributed by atoms with Crippen molar-refractivity contribution in [3.05, 3.63) is 53.2 Å². The van der Waals surface area contributed by atoms with Gasteiger partial charge in [-0.25, -0.2) is 0 Å². The van der Waals surface area contributed by atoms with Gasteiger partial charge in [0.2, 0.25) is 0 Å². The maximum atomic E-state index is 12.6. The summed E-state index contributed by atoms with van der Waals surface area (Å²) in [5.74, 6) is 0. The van der Waals surface area contributed by atoms with Crippen molar-refractivity contribution in [3.8, 4) is 11.3 Å². The summed E-state index contributed by atoms with van der Waals surface area (Å²) >= 11 is 6.32. The fourth-order valence-electron chi connectivity index (χ4n) is 2.30. The molecule has 0 saturated carbocycles. The lowest BCUT2D eigenvalue weighted by atomic mass is 10.0. The minimum atomic E-state index is -4.32. The van der Waals surface area contributed by atoms with E-state index in [4.69, 9.17) is 11.6 Å². The topological polar surface area (TPSA) is 12.9 Å². The lowest BCUT2D eigenvalue weighted by molar-refractivity contribution is -0.137. The molecule has 2 aromatic rings. The number of halogens is 4. The highest BCUT2D eigenvalue weighted by Crippen LogP contribution is 2.32. The van der Waals surface area contributed by atoms with E-state index in [1.54, 1.807) is 6.07 Å². The number of nitrogens with zero attached hydrogens (tertiary/aromatic N) is 1. The average molecular weight is 328 g/mol. The molecule has 1 aromatic carbocycles. The molecule has 22 heavy (non-hydrogen) atoms. The molecule has 118 valence electrons. The second-order valence-electron chi connectivity index (χ2n) is 5.20. The Balaban J connectivity index is 2.28. The van der Waals surface area contributed by atoms with Crippen LogP contribution in [0.3, 0.4) is 0 Å². The zero-order chi connectivity index (χ0) is 16.3. The summed E-state index contributed by atoms with van der Waals surface area (Å²) < 4.78 is 37.7. The maximum absolute atomic E-state index is 12.6. The molecule has 0 spiro atoms. The molecule has 1 heterocycles. The summed E-state index contributed by atoms with van der Waals surface area (Å²) in [6.45, 7) is 3.93. The summed E-state index contributed by atoms with van der Waals surface area (Å²) in [6.07, 6.45) is -2.48. The molecule has 0 aliphatic rings. The first-order valence-corrected chi connectivity index (χ1v) is 7.55. The van der Waals surface area contributed by atoms with Gasteiger partial charge in [0.05, 0.1) is 16.6 Å². The van der Waals surface area contributed by atoms with Crippen molar-refractivity contribution >= 4 is 11.6 Å². The van der Waals surface area contributed by atoms with Crippen molar-refractivity contribution in [2.75, 3.05) is 0 Å². The molecule has 5 heteroatoms. The Morgan fingerprint density at radius 1 is 1.09 bits per heavy atom. The largest absolute Gasteiger partial charge is 0.416 e. The van der Waals surface area contributed by atoms with Gasteiger partial charge in [-0.05, 0) is 37.1 Å². The minimum Gasteiger partial charge on any atom is -0.253 e. The lowest BCUT2D eigenvalue weighted by Crippen LogP contribution is -2.04. The highest BCUT2D eigenvalue weighted by Gasteiger charge is 2.30. The van der Waals surface area contributed by atoms with Crippen LogP contribution in [0.15, 0.2) is 36.4 Å². The molecule has 0 amide bonds. The Bertz CT molecular complexity index is 635. The summed E-state index contributed by atoms with van der Waals surface area (Å²) in [4.78, 5) is 4.47. The van der Waals surface area contributed by atoms with Crippen LogP contribution in [-0.4, -0.2) is 4.98 Å². The van der Waals surface area contributed by atoms with Gasteiger partial charge in [0, 0.05) is 11.3 Å². The molecule has 0 bridgehead atoms. The normalized spacial score (nSPS) is 13.2. The van der Waals surface area contributed by atoms with Crippen molar-refractivity contribution in [1.29, 1.82) is 0 Å². The molecule has 0 aliphatic carbocycles. The molecular weight excluding hydrogens is 311 g/mol. The Hall–Kier alpha value is -1.55. The number of aromatic nitrogens is 1. The van der Waals surface area contributed by atoms with E-state index in [1.165, 1.54) is 12.1 Å². The van der Waals surface area contributed by atoms with Gasteiger partial charge in [-0.1, -0.05) is 31.5 Å². The minimum absolute atomic E-state index is 0.0841. The monoisotopic (exact) mass is 327 g/mol. The number of pyridine rings is 1. The highest BCUT2D eigenvalue weighted by molar-refractivity contribution is 6.20. The number of aryl methyl sites for hydroxylation is 1. The Kier molecular flexibility index (Phi) is 5.12. The summed E-state index contributed by atoms with van der Waals surface area (Å²) in [7, 11) is 0. The van der Waals surface area contributed by atoms with E-state index in [0.717, 1.165) is 36.2 Å². The van der Waals surface area contributed by atoms with Gasteiger partial charge >= 0.3 is 6.18 Å². The Morgan fingerprint density at radius 3 is 2.23 bits per heavy atom. The molecule has 0 fully saturated rings. The van der Waals surface area contributed by atoms with Gasteiger partial charge in [0.25, 0.3) is 0 Å². The smallest absolute Gasteiger partial charge is 0.253 e. The number of benzene rings is 1. The second-order valence-corrected chi connectivity index (χ2v) is 5.73. The number of rotatable bonds is 4. The molecule has 0 N–H and O–H groups in total. The van der Waals surface area contributed by atoms with Crippen molar-refractivity contribution in [3.63, 3.8) is 0 Å². The van der Waals surface area contributed by atoms with Gasteiger partial charge in [0.15, 0.2) is 0 Å². The standard InChI is InChI=1S/C17H17ClF3N/c1-3-4-15(18)14-9-10-16(22-11(14)2)12-5-7-13(8-6-12)17(19,20)21/h5-10,15H,3-4H2,1-2H3. The van der Waals surface area contributed by atoms with E-state index in [9.17, 15) is 13.2 Å². The highest BCUT2D eigenvalue weighted by atomic mass is 35.5. The van der Waals surface area contributed by atoms with E-state index in [2.05, 4.69) is 11.9 Å². The summed E-state index contributed by atoms with van der Waals surface area (Å²) in [5.41, 5.74) is 2.43. The molecule has 0 radical (unpaired) electrons. The van der Waals surface area contributed by atoms with Crippen LogP contribution in [0.1, 0.15) is 42.0 Å². The van der Waals surface area contributed by atoms with E-state index in [1.807, 2.05) is 13.0 Å². The van der Waals surface area contributed by atoms with Gasteiger partial charge in [-0.2, -0.15) is 13.2 Å². The van der Waals surface area contributed by atoms with Crippen LogP contribution in [0.4, 0.5) is 13.2 Å². The van der Waals surface area contributed by atoms with Crippen LogP contribution in [0, 0.1) is 6.92 Å². The number of hydrogen-bond acceptors (Lipinski definition) is 1. The third kappa shape index (κ3) is 3.80. The number of hydrogen-bond donors (Lipinski definition) is 0. The van der Waals surface area contributed by atoms with Crippen LogP contribution in [0.2, 0.25) is 0 Å². The summed E-state index contributed by atoms with van der Waals surface area (Å²) in [6, 6.07) is 8.73. The van der Waals surface area contributed by atoms with Gasteiger partial charge < -0.3 is 0 Å². The molecule has 2 rings (SSSR count). The van der Waals surface area contributed by atoms with Gasteiger partial charge in [-0.3, -0.25) is 4.98 Å². The lowest BCUT2D eigenvalue weighted by Gasteiger charge is -2.13. The molecule has 1 unspecified atom stereocenters. The third-order valence-corrected chi connectivity index (χ3v) is 3.97. The maximum Gasteiger partial charge on any atom is 0.416 e. The average Bonchev–Trinajstić information content (AvgIpc) is 2.46. The summed E-state index contributed by atoms with van der Waals surface area (Å²) in [5, 5.41) is -0.0841. The number of alkyl halides is 4. The van der Waals surface area contributed by atoms with Crippen molar-refractivity contribution in [1.82, 2.24) is 4.98 Å². The quantitative estimate of drug-likeness (QED) is 0.613. The molecule has 1 aromatic heterocycles. The van der Waals surface area contributed by atoms with Crippen LogP contribution in [0.25, 0.3) is 11.3 Å². The fraction of sp³-hybridized carbons (Fsp3) is 0.353. The molecule has 0 aliphatic heterocycles. The Morgan fingerprint density at radius 2 is 1.73 bits per heavy atom. The fourth-order valence-corrected chi connectivity index (χ4v) is 2.75. The molecule has 1 nitrogen and oxygen atoms in total. The van der Waals surface area contributed by atoms with Crippen molar-refractivity contribution in [2.45, 2.75) is 38.2 Å². The molecular formula is C17H17ClF3N. The van der Waals surface area contributed by atoms with Gasteiger partial charge in [0.1, 0.15) is 0 Å². The second kappa shape index (κ2) is 6.69. The van der Waals surface area contributed by atoms with Crippen molar-refractivity contribution < 1.29 is 13.2 Å². The zero-order valence-electron chi connectivity index (χ0n) is 12.4.